The zero-order valence-corrected chi connectivity index (χ0v) is 14.9. The molecule has 0 aliphatic carbocycles. The molecule has 0 amide bonds. The van der Waals surface area contributed by atoms with Crippen molar-refractivity contribution in [1.29, 1.82) is 0 Å². The Hall–Kier alpha value is -1.15. The highest BCUT2D eigenvalue weighted by Gasteiger charge is 2.26. The molecule has 1 aromatic rings. The molecule has 0 saturated carbocycles. The van der Waals surface area contributed by atoms with Crippen LogP contribution in [-0.2, 0) is 14.8 Å². The molecule has 0 bridgehead atoms. The fourth-order valence-electron chi connectivity index (χ4n) is 2.44. The third kappa shape index (κ3) is 5.17. The summed E-state index contributed by atoms with van der Waals surface area (Å²) in [7, 11) is -3.58. The van der Waals surface area contributed by atoms with Crippen molar-refractivity contribution in [3.05, 3.63) is 29.8 Å². The minimum absolute atomic E-state index is 0. The van der Waals surface area contributed by atoms with Crippen LogP contribution in [0, 0.1) is 5.92 Å². The third-order valence-electron chi connectivity index (χ3n) is 3.77. The summed E-state index contributed by atoms with van der Waals surface area (Å²) in [5.74, 6) is -0.214. The first-order chi connectivity index (χ1) is 10.4. The molecule has 1 aliphatic rings. The number of carbonyl (C=O) groups is 1. The summed E-state index contributed by atoms with van der Waals surface area (Å²) in [6.45, 7) is 5.63. The van der Waals surface area contributed by atoms with Crippen molar-refractivity contribution in [2.24, 2.45) is 5.92 Å². The van der Waals surface area contributed by atoms with Crippen LogP contribution < -0.4 is 10.0 Å². The van der Waals surface area contributed by atoms with Crippen LogP contribution >= 0.6 is 12.4 Å². The Kier molecular flexibility index (Phi) is 7.47. The van der Waals surface area contributed by atoms with Gasteiger partial charge in [-0.1, -0.05) is 6.92 Å². The number of esters is 1. The van der Waals surface area contributed by atoms with E-state index in [-0.39, 0.29) is 35.9 Å². The second-order valence-electron chi connectivity index (χ2n) is 5.44. The Morgan fingerprint density at radius 3 is 2.57 bits per heavy atom. The highest BCUT2D eigenvalue weighted by Crippen LogP contribution is 2.16. The molecule has 8 heteroatoms. The van der Waals surface area contributed by atoms with Crippen molar-refractivity contribution in [2.75, 3.05) is 19.7 Å². The predicted octanol–water partition coefficient (Wildman–Crippen LogP) is 1.56. The van der Waals surface area contributed by atoms with Gasteiger partial charge < -0.3 is 10.1 Å². The van der Waals surface area contributed by atoms with E-state index in [0.29, 0.717) is 5.56 Å². The van der Waals surface area contributed by atoms with Gasteiger partial charge in [0.15, 0.2) is 0 Å². The minimum atomic E-state index is -3.58. The second-order valence-corrected chi connectivity index (χ2v) is 7.16. The molecule has 1 fully saturated rings. The molecule has 2 unspecified atom stereocenters. The van der Waals surface area contributed by atoms with E-state index in [1.54, 1.807) is 6.92 Å². The first-order valence-electron chi connectivity index (χ1n) is 7.44. The number of sulfonamides is 1. The van der Waals surface area contributed by atoms with E-state index in [1.807, 2.05) is 6.92 Å². The Morgan fingerprint density at radius 2 is 2.00 bits per heavy atom. The van der Waals surface area contributed by atoms with Gasteiger partial charge in [0.2, 0.25) is 10.0 Å². The monoisotopic (exact) mass is 362 g/mol. The van der Waals surface area contributed by atoms with Gasteiger partial charge in [-0.3, -0.25) is 0 Å². The molecule has 2 rings (SSSR count). The van der Waals surface area contributed by atoms with E-state index in [0.717, 1.165) is 19.5 Å². The number of hydrogen-bond acceptors (Lipinski definition) is 5. The number of carbonyl (C=O) groups excluding carboxylic acids is 1. The number of rotatable bonds is 5. The Labute approximate surface area is 143 Å². The smallest absolute Gasteiger partial charge is 0.338 e. The van der Waals surface area contributed by atoms with E-state index in [9.17, 15) is 13.2 Å². The third-order valence-corrected chi connectivity index (χ3v) is 5.27. The molecule has 130 valence electrons. The van der Waals surface area contributed by atoms with E-state index in [4.69, 9.17) is 4.74 Å². The van der Waals surface area contributed by atoms with Crippen LogP contribution in [0.4, 0.5) is 0 Å². The molecule has 2 N–H and O–H groups in total. The number of halogens is 1. The summed E-state index contributed by atoms with van der Waals surface area (Å²) in [6.07, 6.45) is 0.765. The molecule has 1 aliphatic heterocycles. The number of piperidine rings is 1. The van der Waals surface area contributed by atoms with Crippen LogP contribution in [0.5, 0.6) is 0 Å². The quantitative estimate of drug-likeness (QED) is 0.776. The Balaban J connectivity index is 0.00000264. The molecule has 0 spiro atoms. The zero-order valence-electron chi connectivity index (χ0n) is 13.2. The maximum absolute atomic E-state index is 12.4. The van der Waals surface area contributed by atoms with E-state index >= 15 is 0 Å². The minimum Gasteiger partial charge on any atom is -0.462 e. The van der Waals surface area contributed by atoms with E-state index in [2.05, 4.69) is 10.0 Å². The summed E-state index contributed by atoms with van der Waals surface area (Å²) >= 11 is 0. The molecule has 1 saturated heterocycles. The number of ether oxygens (including phenoxy) is 1. The van der Waals surface area contributed by atoms with Crippen LogP contribution in [0.15, 0.2) is 29.2 Å². The van der Waals surface area contributed by atoms with Gasteiger partial charge in [-0.25, -0.2) is 17.9 Å². The van der Waals surface area contributed by atoms with Gasteiger partial charge in [0.1, 0.15) is 0 Å². The highest BCUT2D eigenvalue weighted by molar-refractivity contribution is 7.89. The van der Waals surface area contributed by atoms with Crippen LogP contribution in [0.25, 0.3) is 0 Å². The Morgan fingerprint density at radius 1 is 1.35 bits per heavy atom. The van der Waals surface area contributed by atoms with Crippen LogP contribution in [0.2, 0.25) is 0 Å². The van der Waals surface area contributed by atoms with Crippen molar-refractivity contribution in [3.8, 4) is 0 Å². The molecule has 2 atom stereocenters. The van der Waals surface area contributed by atoms with Crippen molar-refractivity contribution < 1.29 is 17.9 Å². The molecule has 6 nitrogen and oxygen atoms in total. The summed E-state index contributed by atoms with van der Waals surface area (Å²) < 4.78 is 32.4. The maximum Gasteiger partial charge on any atom is 0.338 e. The van der Waals surface area contributed by atoms with E-state index < -0.39 is 16.0 Å². The SMILES string of the molecule is CCOC(=O)c1ccc(S(=O)(=O)NC2CCNCC2C)cc1.Cl. The molecule has 1 aromatic carbocycles. The highest BCUT2D eigenvalue weighted by atomic mass is 35.5. The van der Waals surface area contributed by atoms with Crippen LogP contribution in [-0.4, -0.2) is 40.1 Å². The molecular formula is C15H23ClN2O4S. The first kappa shape index (κ1) is 19.9. The second kappa shape index (κ2) is 8.63. The van der Waals surface area contributed by atoms with Gasteiger partial charge in [0, 0.05) is 6.04 Å². The van der Waals surface area contributed by atoms with Gasteiger partial charge in [-0.15, -0.1) is 12.4 Å². The standard InChI is InChI=1S/C15H22N2O4S.ClH/c1-3-21-15(18)12-4-6-13(7-5-12)22(19,20)17-14-8-9-16-10-11(14)2;/h4-7,11,14,16-17H,3,8-10H2,1-2H3;1H. The van der Waals surface area contributed by atoms with E-state index in [1.165, 1.54) is 24.3 Å². The van der Waals surface area contributed by atoms with Gasteiger partial charge in [0.25, 0.3) is 0 Å². The van der Waals surface area contributed by atoms with Gasteiger partial charge in [-0.05, 0) is 56.6 Å². The van der Waals surface area contributed by atoms with Crippen molar-refractivity contribution in [2.45, 2.75) is 31.2 Å². The lowest BCUT2D eigenvalue weighted by Crippen LogP contribution is -2.48. The number of nitrogens with one attached hydrogen (secondary N) is 2. The summed E-state index contributed by atoms with van der Waals surface area (Å²) in [5, 5.41) is 3.24. The maximum atomic E-state index is 12.4. The average molecular weight is 363 g/mol. The molecule has 23 heavy (non-hydrogen) atoms. The first-order valence-corrected chi connectivity index (χ1v) is 8.92. The van der Waals surface area contributed by atoms with Crippen LogP contribution in [0.1, 0.15) is 30.6 Å². The largest absolute Gasteiger partial charge is 0.462 e. The summed E-state index contributed by atoms with van der Waals surface area (Å²) in [6, 6.07) is 5.73. The fraction of sp³-hybridized carbons (Fsp3) is 0.533. The number of hydrogen-bond donors (Lipinski definition) is 2. The van der Waals surface area contributed by atoms with Gasteiger partial charge >= 0.3 is 5.97 Å². The van der Waals surface area contributed by atoms with Gasteiger partial charge in [-0.2, -0.15) is 0 Å². The predicted molar refractivity (Wildman–Crippen MR) is 90.4 cm³/mol. The average Bonchev–Trinajstić information content (AvgIpc) is 2.50. The molecule has 0 radical (unpaired) electrons. The lowest BCUT2D eigenvalue weighted by atomic mass is 9.97. The lowest BCUT2D eigenvalue weighted by Gasteiger charge is -2.29. The lowest BCUT2D eigenvalue weighted by molar-refractivity contribution is 0.0526. The number of benzene rings is 1. The summed E-state index contributed by atoms with van der Waals surface area (Å²) in [4.78, 5) is 11.7. The topological polar surface area (TPSA) is 84.5 Å². The van der Waals surface area contributed by atoms with Crippen molar-refractivity contribution >= 4 is 28.4 Å². The van der Waals surface area contributed by atoms with Crippen molar-refractivity contribution in [1.82, 2.24) is 10.0 Å². The zero-order chi connectivity index (χ0) is 16.2. The Bertz CT molecular complexity index is 619. The van der Waals surface area contributed by atoms with Crippen molar-refractivity contribution in [3.63, 3.8) is 0 Å². The fourth-order valence-corrected chi connectivity index (χ4v) is 3.82. The summed E-state index contributed by atoms with van der Waals surface area (Å²) in [5.41, 5.74) is 0.344. The van der Waals surface area contributed by atoms with Crippen LogP contribution in [0.3, 0.4) is 0 Å². The normalized spacial score (nSPS) is 21.3. The van der Waals surface area contributed by atoms with Gasteiger partial charge in [0.05, 0.1) is 17.1 Å². The molecule has 0 aromatic heterocycles. The molecular weight excluding hydrogens is 340 g/mol. The molecule has 1 heterocycles.